The van der Waals surface area contributed by atoms with Crippen LogP contribution in [-0.4, -0.2) is 49.7 Å². The number of anilines is 2. The number of nitrogens with two attached hydrogens (primary N) is 1. The van der Waals surface area contributed by atoms with Crippen molar-refractivity contribution in [1.82, 2.24) is 24.6 Å². The summed E-state index contributed by atoms with van der Waals surface area (Å²) in [5.41, 5.74) is 6.39. The summed E-state index contributed by atoms with van der Waals surface area (Å²) in [6, 6.07) is 7.87. The molecule has 37 heavy (non-hydrogen) atoms. The molecule has 3 heterocycles. The van der Waals surface area contributed by atoms with Crippen molar-refractivity contribution < 1.29 is 18.0 Å². The number of benzene rings is 1. The minimum atomic E-state index is -4.59. The highest BCUT2D eigenvalue weighted by Crippen LogP contribution is 2.32. The van der Waals surface area contributed by atoms with Crippen LogP contribution in [-0.2, 0) is 30.2 Å². The minimum Gasteiger partial charge on any atom is -0.369 e. The van der Waals surface area contributed by atoms with E-state index in [0.29, 0.717) is 17.3 Å². The third-order valence-corrected chi connectivity index (χ3v) is 6.75. The molecule has 4 rings (SSSR count). The molecule has 0 bridgehead atoms. The van der Waals surface area contributed by atoms with E-state index in [0.717, 1.165) is 37.7 Å². The maximum absolute atomic E-state index is 13.7. The van der Waals surface area contributed by atoms with Crippen LogP contribution in [0.2, 0.25) is 0 Å². The second kappa shape index (κ2) is 11.3. The molecule has 2 aromatic heterocycles. The van der Waals surface area contributed by atoms with Gasteiger partial charge >= 0.3 is 6.18 Å². The van der Waals surface area contributed by atoms with Crippen molar-refractivity contribution in [3.05, 3.63) is 65.2 Å². The number of rotatable bonds is 9. The molecule has 0 radical (unpaired) electrons. The fourth-order valence-corrected chi connectivity index (χ4v) is 4.72. The van der Waals surface area contributed by atoms with Crippen LogP contribution in [0.15, 0.2) is 42.9 Å². The molecule has 1 amide bonds. The lowest BCUT2D eigenvalue weighted by Crippen LogP contribution is -2.39. The molecule has 11 heteroatoms. The third kappa shape index (κ3) is 6.85. The van der Waals surface area contributed by atoms with E-state index in [4.69, 9.17) is 5.73 Å². The van der Waals surface area contributed by atoms with Gasteiger partial charge < -0.3 is 16.0 Å². The van der Waals surface area contributed by atoms with Gasteiger partial charge in [-0.2, -0.15) is 18.3 Å². The van der Waals surface area contributed by atoms with Crippen molar-refractivity contribution in [3.63, 3.8) is 0 Å². The number of carbonyl (C=O) groups excluding carboxylic acids is 1. The molecule has 3 aromatic rings. The standard InChI is InChI=1S/C26H32F3N7O/c1-17(2)35-11-9-21(10-12-35)36-16-20(14-32-36)33-25-31-15-22(26(27,28)29)23(34-25)8-7-18-5-3-4-6-19(18)13-24(30)37/h3-6,14-17,21H,7-13H2,1-2H3,(H2,30,37)(H,31,33,34). The Labute approximate surface area is 214 Å². The Kier molecular flexibility index (Phi) is 8.11. The highest BCUT2D eigenvalue weighted by Gasteiger charge is 2.35. The van der Waals surface area contributed by atoms with E-state index in [-0.39, 0.29) is 36.9 Å². The average molecular weight is 516 g/mol. The summed E-state index contributed by atoms with van der Waals surface area (Å²) < 4.78 is 43.0. The largest absolute Gasteiger partial charge is 0.419 e. The summed E-state index contributed by atoms with van der Waals surface area (Å²) in [7, 11) is 0. The molecule has 0 saturated carbocycles. The number of alkyl halides is 3. The first-order valence-electron chi connectivity index (χ1n) is 12.4. The smallest absolute Gasteiger partial charge is 0.369 e. The topological polar surface area (TPSA) is 102 Å². The predicted molar refractivity (Wildman–Crippen MR) is 134 cm³/mol. The first-order chi connectivity index (χ1) is 17.6. The molecule has 1 aliphatic rings. The number of nitrogens with one attached hydrogen (secondary N) is 1. The van der Waals surface area contributed by atoms with Crippen molar-refractivity contribution in [2.24, 2.45) is 5.73 Å². The molecule has 0 atom stereocenters. The van der Waals surface area contributed by atoms with Crippen LogP contribution in [0.4, 0.5) is 24.8 Å². The Morgan fingerprint density at radius 3 is 2.49 bits per heavy atom. The molecule has 1 aromatic carbocycles. The van der Waals surface area contributed by atoms with Crippen molar-refractivity contribution in [1.29, 1.82) is 0 Å². The van der Waals surface area contributed by atoms with Crippen LogP contribution in [0.1, 0.15) is 55.1 Å². The molecular weight excluding hydrogens is 483 g/mol. The quantitative estimate of drug-likeness (QED) is 0.441. The lowest BCUT2D eigenvalue weighted by molar-refractivity contribution is -0.138. The SMILES string of the molecule is CC(C)N1CCC(n2cc(Nc3ncc(C(F)(F)F)c(CCc4ccccc4CC(N)=O)n3)cn2)CC1. The third-order valence-electron chi connectivity index (χ3n) is 6.75. The maximum atomic E-state index is 13.7. The van der Waals surface area contributed by atoms with E-state index in [1.54, 1.807) is 30.5 Å². The van der Waals surface area contributed by atoms with E-state index in [1.165, 1.54) is 0 Å². The fourth-order valence-electron chi connectivity index (χ4n) is 4.72. The van der Waals surface area contributed by atoms with Gasteiger partial charge in [0.1, 0.15) is 0 Å². The highest BCUT2D eigenvalue weighted by atomic mass is 19.4. The van der Waals surface area contributed by atoms with Crippen molar-refractivity contribution in [2.75, 3.05) is 18.4 Å². The number of carbonyl (C=O) groups is 1. The van der Waals surface area contributed by atoms with E-state index in [2.05, 4.69) is 39.1 Å². The van der Waals surface area contributed by atoms with E-state index in [9.17, 15) is 18.0 Å². The van der Waals surface area contributed by atoms with Crippen molar-refractivity contribution in [2.45, 2.75) is 64.2 Å². The van der Waals surface area contributed by atoms with Gasteiger partial charge in [0.15, 0.2) is 0 Å². The van der Waals surface area contributed by atoms with E-state index < -0.39 is 17.6 Å². The molecular formula is C26H32F3N7O. The average Bonchev–Trinajstić information content (AvgIpc) is 3.31. The first kappa shape index (κ1) is 26.6. The molecule has 1 aliphatic heterocycles. The second-order valence-electron chi connectivity index (χ2n) is 9.66. The fraction of sp³-hybridized carbons (Fsp3) is 0.462. The molecule has 8 nitrogen and oxygen atoms in total. The zero-order valence-corrected chi connectivity index (χ0v) is 21.0. The van der Waals surface area contributed by atoms with Gasteiger partial charge in [-0.3, -0.25) is 9.48 Å². The van der Waals surface area contributed by atoms with Crippen LogP contribution in [0.5, 0.6) is 0 Å². The number of halogens is 3. The molecule has 1 saturated heterocycles. The van der Waals surface area contributed by atoms with Crippen LogP contribution in [0.25, 0.3) is 0 Å². The molecule has 3 N–H and O–H groups in total. The van der Waals surface area contributed by atoms with Gasteiger partial charge in [-0.15, -0.1) is 0 Å². The number of hydrogen-bond donors (Lipinski definition) is 2. The van der Waals surface area contributed by atoms with E-state index in [1.807, 2.05) is 10.9 Å². The number of likely N-dealkylation sites (tertiary alicyclic amines) is 1. The van der Waals surface area contributed by atoms with Gasteiger partial charge in [-0.25, -0.2) is 9.97 Å². The predicted octanol–water partition coefficient (Wildman–Crippen LogP) is 4.29. The number of hydrogen-bond acceptors (Lipinski definition) is 6. The summed E-state index contributed by atoms with van der Waals surface area (Å²) in [5.74, 6) is -0.425. The Morgan fingerprint density at radius 2 is 1.84 bits per heavy atom. The molecule has 198 valence electrons. The van der Waals surface area contributed by atoms with Crippen molar-refractivity contribution in [3.8, 4) is 0 Å². The lowest BCUT2D eigenvalue weighted by Gasteiger charge is -2.34. The molecule has 0 aliphatic carbocycles. The number of amides is 1. The monoisotopic (exact) mass is 515 g/mol. The Morgan fingerprint density at radius 1 is 1.14 bits per heavy atom. The summed E-state index contributed by atoms with van der Waals surface area (Å²) in [6.45, 7) is 6.38. The number of aryl methyl sites for hydroxylation is 2. The molecule has 0 unspecified atom stereocenters. The number of primary amides is 1. The second-order valence-corrected chi connectivity index (χ2v) is 9.66. The zero-order valence-electron chi connectivity index (χ0n) is 21.0. The number of piperidine rings is 1. The Bertz CT molecular complexity index is 1220. The maximum Gasteiger partial charge on any atom is 0.419 e. The number of aromatic nitrogens is 4. The summed E-state index contributed by atoms with van der Waals surface area (Å²) in [6.07, 6.45) is 1.99. The summed E-state index contributed by atoms with van der Waals surface area (Å²) in [5, 5.41) is 7.46. The van der Waals surface area contributed by atoms with Gasteiger partial charge in [-0.1, -0.05) is 24.3 Å². The van der Waals surface area contributed by atoms with Gasteiger partial charge in [0.05, 0.1) is 35.6 Å². The summed E-state index contributed by atoms with van der Waals surface area (Å²) in [4.78, 5) is 21.9. The Hall–Kier alpha value is -3.47. The molecule has 1 fully saturated rings. The lowest BCUT2D eigenvalue weighted by atomic mass is 9.98. The molecule has 0 spiro atoms. The van der Waals surface area contributed by atoms with E-state index >= 15 is 0 Å². The first-order valence-corrected chi connectivity index (χ1v) is 12.4. The van der Waals surface area contributed by atoms with Gasteiger partial charge in [-0.05, 0) is 50.7 Å². The normalized spacial score (nSPS) is 15.3. The Balaban J connectivity index is 1.48. The van der Waals surface area contributed by atoms with Crippen LogP contribution in [0.3, 0.4) is 0 Å². The van der Waals surface area contributed by atoms with Crippen molar-refractivity contribution >= 4 is 17.5 Å². The van der Waals surface area contributed by atoms with Gasteiger partial charge in [0.25, 0.3) is 0 Å². The van der Waals surface area contributed by atoms with Gasteiger partial charge in [0.2, 0.25) is 11.9 Å². The van der Waals surface area contributed by atoms with Crippen LogP contribution in [0, 0.1) is 0 Å². The number of nitrogens with zero attached hydrogens (tertiary/aromatic N) is 5. The zero-order chi connectivity index (χ0) is 26.6. The minimum absolute atomic E-state index is 0.0233. The highest BCUT2D eigenvalue weighted by molar-refractivity contribution is 5.77. The van der Waals surface area contributed by atoms with Gasteiger partial charge in [0, 0.05) is 31.5 Å². The van der Waals surface area contributed by atoms with Crippen LogP contribution < -0.4 is 11.1 Å². The van der Waals surface area contributed by atoms with Crippen LogP contribution >= 0.6 is 0 Å². The summed E-state index contributed by atoms with van der Waals surface area (Å²) >= 11 is 0.